The summed E-state index contributed by atoms with van der Waals surface area (Å²) in [5, 5.41) is 11.0. The van der Waals surface area contributed by atoms with Crippen LogP contribution in [0.5, 0.6) is 0 Å². The molecule has 0 spiro atoms. The fourth-order valence-corrected chi connectivity index (χ4v) is 3.87. The molecule has 2 unspecified atom stereocenters. The van der Waals surface area contributed by atoms with Crippen molar-refractivity contribution in [2.45, 2.75) is 25.7 Å². The van der Waals surface area contributed by atoms with Crippen LogP contribution in [0, 0.1) is 17.2 Å². The van der Waals surface area contributed by atoms with Crippen molar-refractivity contribution in [3.05, 3.63) is 36.3 Å². The number of nitriles is 1. The molecule has 1 N–H and O–H groups in total. The number of H-pyrrole nitrogens is 1. The number of aromatic amines is 1. The monoisotopic (exact) mass is 333 g/mol. The van der Waals surface area contributed by atoms with Gasteiger partial charge in [0.1, 0.15) is 6.42 Å². The maximum atomic E-state index is 12.2. The number of nitrogens with one attached hydrogen (secondary N) is 1. The van der Waals surface area contributed by atoms with E-state index in [1.165, 1.54) is 5.56 Å². The Hall–Kier alpha value is -2.94. The van der Waals surface area contributed by atoms with Crippen LogP contribution in [0.4, 0.5) is 0 Å². The zero-order valence-corrected chi connectivity index (χ0v) is 14.1. The van der Waals surface area contributed by atoms with Gasteiger partial charge in [0.25, 0.3) is 0 Å². The Bertz CT molecular complexity index is 986. The first kappa shape index (κ1) is 15.6. The van der Waals surface area contributed by atoms with E-state index in [4.69, 9.17) is 5.26 Å². The maximum Gasteiger partial charge on any atom is 0.236 e. The van der Waals surface area contributed by atoms with Crippen LogP contribution in [0.3, 0.4) is 0 Å². The summed E-state index contributed by atoms with van der Waals surface area (Å²) in [7, 11) is 0. The molecule has 0 bridgehead atoms. The van der Waals surface area contributed by atoms with E-state index in [1.807, 2.05) is 29.4 Å². The molecule has 0 aliphatic carbocycles. The number of hydrogen-bond acceptors (Lipinski definition) is 4. The SMILES string of the molecule is CC1CCN(C(=O)CC#N)CC1c1cc[nH]c2cnc3nccc3c12. The summed E-state index contributed by atoms with van der Waals surface area (Å²) in [6.07, 6.45) is 6.42. The zero-order chi connectivity index (χ0) is 17.4. The Morgan fingerprint density at radius 2 is 2.32 bits per heavy atom. The average Bonchev–Trinajstić information content (AvgIpc) is 3.11. The molecular weight excluding hydrogens is 314 g/mol. The minimum atomic E-state index is -0.0759. The van der Waals surface area contributed by atoms with Crippen molar-refractivity contribution in [1.82, 2.24) is 19.9 Å². The second-order valence-electron chi connectivity index (χ2n) is 6.71. The number of rotatable bonds is 2. The third kappa shape index (κ3) is 2.62. The zero-order valence-electron chi connectivity index (χ0n) is 14.1. The lowest BCUT2D eigenvalue weighted by atomic mass is 9.80. The number of aromatic nitrogens is 3. The normalized spacial score (nSPS) is 20.7. The Kier molecular flexibility index (Phi) is 3.85. The highest BCUT2D eigenvalue weighted by Gasteiger charge is 2.31. The standard InChI is InChI=1S/C19H19N5O/c1-12-5-9-24(17(25)2-6-20)11-15(12)13-3-7-21-16-10-23-19-14(18(13)16)4-8-22-19/h3-4,7-8,10,12,15,21H,2,5,9,11H2,1H3. The van der Waals surface area contributed by atoms with E-state index in [9.17, 15) is 4.79 Å². The number of likely N-dealkylation sites (tertiary alicyclic amines) is 1. The van der Waals surface area contributed by atoms with Gasteiger partial charge in [-0.1, -0.05) is 6.92 Å². The molecule has 1 fully saturated rings. The number of nitrogens with zero attached hydrogens (tertiary/aromatic N) is 4. The van der Waals surface area contributed by atoms with Gasteiger partial charge in [-0.2, -0.15) is 5.26 Å². The van der Waals surface area contributed by atoms with Crippen LogP contribution in [-0.4, -0.2) is 38.8 Å². The predicted molar refractivity (Wildman–Crippen MR) is 94.7 cm³/mol. The molecule has 1 aliphatic rings. The average molecular weight is 333 g/mol. The van der Waals surface area contributed by atoms with Crippen molar-refractivity contribution in [2.75, 3.05) is 13.1 Å². The minimum absolute atomic E-state index is 0.0502. The Balaban J connectivity index is 1.81. The number of pyridine rings is 2. The minimum Gasteiger partial charge on any atom is -0.360 e. The van der Waals surface area contributed by atoms with Crippen molar-refractivity contribution in [1.29, 1.82) is 5.26 Å². The second-order valence-corrected chi connectivity index (χ2v) is 6.71. The fraction of sp³-hybridized carbons (Fsp3) is 0.368. The number of piperidine rings is 1. The van der Waals surface area contributed by atoms with Crippen molar-refractivity contribution < 1.29 is 4.79 Å². The predicted octanol–water partition coefficient (Wildman–Crippen LogP) is 2.98. The van der Waals surface area contributed by atoms with E-state index in [1.54, 1.807) is 6.20 Å². The van der Waals surface area contributed by atoms with Gasteiger partial charge in [-0.15, -0.1) is 0 Å². The summed E-state index contributed by atoms with van der Waals surface area (Å²) in [5.41, 5.74) is 2.94. The van der Waals surface area contributed by atoms with Gasteiger partial charge in [-0.3, -0.25) is 4.79 Å². The van der Waals surface area contributed by atoms with Gasteiger partial charge in [0, 0.05) is 42.2 Å². The number of fused-ring (bicyclic) bond motifs is 3. The molecule has 0 saturated carbocycles. The molecule has 1 saturated heterocycles. The van der Waals surface area contributed by atoms with Gasteiger partial charge in [-0.25, -0.2) is 9.97 Å². The number of hydrogen-bond donors (Lipinski definition) is 1. The van der Waals surface area contributed by atoms with Gasteiger partial charge in [-0.05, 0) is 30.0 Å². The van der Waals surface area contributed by atoms with E-state index in [2.05, 4.69) is 27.9 Å². The molecule has 25 heavy (non-hydrogen) atoms. The number of carbonyl (C=O) groups is 1. The first-order valence-electron chi connectivity index (χ1n) is 8.54. The van der Waals surface area contributed by atoms with Gasteiger partial charge < -0.3 is 9.88 Å². The second kappa shape index (κ2) is 6.17. The molecule has 3 aromatic heterocycles. The first-order chi connectivity index (χ1) is 12.2. The molecule has 4 heterocycles. The molecular formula is C19H19N5O. The van der Waals surface area contributed by atoms with Gasteiger partial charge in [0.05, 0.1) is 17.8 Å². The Morgan fingerprint density at radius 1 is 1.44 bits per heavy atom. The highest BCUT2D eigenvalue weighted by molar-refractivity contribution is 6.05. The lowest BCUT2D eigenvalue weighted by Crippen LogP contribution is -2.42. The molecule has 6 nitrogen and oxygen atoms in total. The van der Waals surface area contributed by atoms with Crippen molar-refractivity contribution in [2.24, 2.45) is 5.92 Å². The summed E-state index contributed by atoms with van der Waals surface area (Å²) < 4.78 is 0. The van der Waals surface area contributed by atoms with Crippen molar-refractivity contribution in [3.8, 4) is 6.07 Å². The highest BCUT2D eigenvalue weighted by Crippen LogP contribution is 2.37. The number of carbonyl (C=O) groups excluding carboxylic acids is 1. The van der Waals surface area contributed by atoms with E-state index in [0.717, 1.165) is 34.9 Å². The summed E-state index contributed by atoms with van der Waals surface area (Å²) in [5.74, 6) is 0.616. The van der Waals surface area contributed by atoms with E-state index < -0.39 is 0 Å². The molecule has 2 atom stereocenters. The van der Waals surface area contributed by atoms with Crippen LogP contribution in [0.25, 0.3) is 21.9 Å². The van der Waals surface area contributed by atoms with Crippen LogP contribution >= 0.6 is 0 Å². The van der Waals surface area contributed by atoms with E-state index in [0.29, 0.717) is 12.5 Å². The van der Waals surface area contributed by atoms with Crippen LogP contribution in [0.1, 0.15) is 31.2 Å². The van der Waals surface area contributed by atoms with Crippen molar-refractivity contribution in [3.63, 3.8) is 0 Å². The molecule has 0 aromatic carbocycles. The smallest absolute Gasteiger partial charge is 0.236 e. The van der Waals surface area contributed by atoms with E-state index >= 15 is 0 Å². The summed E-state index contributed by atoms with van der Waals surface area (Å²) in [4.78, 5) is 26.0. The lowest BCUT2D eigenvalue weighted by molar-refractivity contribution is -0.131. The topological polar surface area (TPSA) is 85.7 Å². The van der Waals surface area contributed by atoms with Crippen LogP contribution in [0.2, 0.25) is 0 Å². The molecule has 6 heteroatoms. The molecule has 4 rings (SSSR count). The fourth-order valence-electron chi connectivity index (χ4n) is 3.87. The van der Waals surface area contributed by atoms with Crippen LogP contribution in [-0.2, 0) is 4.79 Å². The third-order valence-corrected chi connectivity index (χ3v) is 5.26. The summed E-state index contributed by atoms with van der Waals surface area (Å²) in [6.45, 7) is 3.61. The lowest BCUT2D eigenvalue weighted by Gasteiger charge is -2.37. The third-order valence-electron chi connectivity index (χ3n) is 5.26. The molecule has 1 amide bonds. The summed E-state index contributed by atoms with van der Waals surface area (Å²) in [6, 6.07) is 6.07. The maximum absolute atomic E-state index is 12.2. The van der Waals surface area contributed by atoms with Crippen molar-refractivity contribution >= 4 is 27.8 Å². The van der Waals surface area contributed by atoms with Crippen LogP contribution in [0.15, 0.2) is 30.7 Å². The van der Waals surface area contributed by atoms with Crippen LogP contribution < -0.4 is 0 Å². The molecule has 3 aromatic rings. The van der Waals surface area contributed by atoms with Gasteiger partial charge >= 0.3 is 0 Å². The largest absolute Gasteiger partial charge is 0.360 e. The molecule has 126 valence electrons. The highest BCUT2D eigenvalue weighted by atomic mass is 16.2. The quantitative estimate of drug-likeness (QED) is 0.781. The Labute approximate surface area is 145 Å². The summed E-state index contributed by atoms with van der Waals surface area (Å²) >= 11 is 0. The van der Waals surface area contributed by atoms with Gasteiger partial charge in [0.15, 0.2) is 5.65 Å². The Morgan fingerprint density at radius 3 is 3.16 bits per heavy atom. The molecule has 1 aliphatic heterocycles. The molecule has 0 radical (unpaired) electrons. The number of amides is 1. The first-order valence-corrected chi connectivity index (χ1v) is 8.54. The van der Waals surface area contributed by atoms with Gasteiger partial charge in [0.2, 0.25) is 5.91 Å². The van der Waals surface area contributed by atoms with E-state index in [-0.39, 0.29) is 18.2 Å².